The van der Waals surface area contributed by atoms with Crippen molar-refractivity contribution in [1.29, 1.82) is 0 Å². The van der Waals surface area contributed by atoms with E-state index in [0.717, 1.165) is 11.4 Å². The first-order chi connectivity index (χ1) is 5.68. The summed E-state index contributed by atoms with van der Waals surface area (Å²) in [4.78, 5) is 3.10. The molecule has 0 amide bonds. The lowest BCUT2D eigenvalue weighted by atomic mass is 10.2. The van der Waals surface area contributed by atoms with Gasteiger partial charge in [-0.1, -0.05) is 12.2 Å². The summed E-state index contributed by atoms with van der Waals surface area (Å²) in [6.07, 6.45) is 0.929. The topological polar surface area (TPSA) is 3.24 Å². The average molecular weight is 289 g/mol. The van der Waals surface area contributed by atoms with E-state index < -0.39 is 0 Å². The summed E-state index contributed by atoms with van der Waals surface area (Å²) in [5.41, 5.74) is 2.62. The monoisotopic (exact) mass is 289 g/mol. The molecule has 1 aromatic rings. The van der Waals surface area contributed by atoms with Crippen LogP contribution < -0.4 is 4.90 Å². The van der Waals surface area contributed by atoms with Crippen LogP contribution in [0.25, 0.3) is 0 Å². The van der Waals surface area contributed by atoms with Gasteiger partial charge in [0.15, 0.2) is 0 Å². The Balaban J connectivity index is 2.54. The van der Waals surface area contributed by atoms with Crippen molar-refractivity contribution in [1.82, 2.24) is 0 Å². The number of nitrogens with zero attached hydrogens (tertiary/aromatic N) is 1. The fraction of sp³-hybridized carbons (Fsp3) is 0.222. The van der Waals surface area contributed by atoms with Crippen molar-refractivity contribution in [3.63, 3.8) is 0 Å². The number of likely N-dealkylation sites (N-methyl/N-ethyl adjacent to an activating group) is 1. The van der Waals surface area contributed by atoms with Crippen molar-refractivity contribution in [3.8, 4) is 0 Å². The van der Waals surface area contributed by atoms with Crippen LogP contribution in [-0.4, -0.2) is 12.0 Å². The van der Waals surface area contributed by atoms with Gasteiger partial charge < -0.3 is 4.90 Å². The summed E-state index contributed by atoms with van der Waals surface area (Å²) in [6.45, 7) is 0. The van der Waals surface area contributed by atoms with Crippen LogP contribution >= 0.6 is 34.8 Å². The summed E-state index contributed by atoms with van der Waals surface area (Å²) in [5.74, 6) is 0. The maximum Gasteiger partial charge on any atom is 0.0866 e. The smallest absolute Gasteiger partial charge is 0.0866 e. The number of halogens is 1. The lowest BCUT2D eigenvalue weighted by Gasteiger charge is -2.11. The molecular weight excluding hydrogens is 281 g/mol. The molecule has 12 heavy (non-hydrogen) atoms. The van der Waals surface area contributed by atoms with E-state index in [1.54, 1.807) is 0 Å². The van der Waals surface area contributed by atoms with Crippen LogP contribution in [0.3, 0.4) is 0 Å². The first-order valence-corrected chi connectivity index (χ1v) is 5.22. The normalized spacial score (nSPS) is 15.2. The van der Waals surface area contributed by atoms with Crippen molar-refractivity contribution >= 4 is 45.5 Å². The van der Waals surface area contributed by atoms with E-state index in [0.29, 0.717) is 0 Å². The maximum absolute atomic E-state index is 5.21. The predicted octanol–water partition coefficient (Wildman–Crippen LogP) is 2.61. The second-order valence-corrected chi connectivity index (χ2v) is 4.62. The number of anilines is 1. The van der Waals surface area contributed by atoms with Crippen molar-refractivity contribution in [2.24, 2.45) is 0 Å². The molecule has 0 aliphatic carbocycles. The van der Waals surface area contributed by atoms with Crippen LogP contribution in [0, 0.1) is 3.57 Å². The van der Waals surface area contributed by atoms with Crippen molar-refractivity contribution in [3.05, 3.63) is 27.3 Å². The molecule has 0 fully saturated rings. The largest absolute Gasteiger partial charge is 0.339 e. The SMILES string of the molecule is CN1C(=S)Cc2cc(I)ccc21. The van der Waals surface area contributed by atoms with Crippen molar-refractivity contribution < 1.29 is 0 Å². The van der Waals surface area contributed by atoms with E-state index in [-0.39, 0.29) is 0 Å². The van der Waals surface area contributed by atoms with Crippen LogP contribution in [0.15, 0.2) is 18.2 Å². The van der Waals surface area contributed by atoms with E-state index >= 15 is 0 Å². The molecule has 0 N–H and O–H groups in total. The number of benzene rings is 1. The lowest BCUT2D eigenvalue weighted by molar-refractivity contribution is 1.32. The summed E-state index contributed by atoms with van der Waals surface area (Å²) in [5, 5.41) is 0. The quantitative estimate of drug-likeness (QED) is 0.533. The third-order valence-corrected chi connectivity index (χ3v) is 3.21. The Morgan fingerprint density at radius 2 is 2.25 bits per heavy atom. The van der Waals surface area contributed by atoms with Crippen LogP contribution in [0.1, 0.15) is 5.56 Å². The van der Waals surface area contributed by atoms with E-state index in [1.807, 2.05) is 7.05 Å². The molecule has 1 heterocycles. The molecule has 3 heteroatoms. The molecule has 1 aliphatic rings. The molecule has 0 saturated heterocycles. The fourth-order valence-electron chi connectivity index (χ4n) is 1.44. The van der Waals surface area contributed by atoms with E-state index in [9.17, 15) is 0 Å². The number of hydrogen-bond donors (Lipinski definition) is 0. The van der Waals surface area contributed by atoms with Crippen molar-refractivity contribution in [2.75, 3.05) is 11.9 Å². The summed E-state index contributed by atoms with van der Waals surface area (Å²) >= 11 is 7.54. The molecule has 62 valence electrons. The van der Waals surface area contributed by atoms with Gasteiger partial charge in [-0.15, -0.1) is 0 Å². The summed E-state index contributed by atoms with van der Waals surface area (Å²) in [6, 6.07) is 6.45. The Bertz CT molecular complexity index is 348. The number of fused-ring (bicyclic) bond motifs is 1. The second kappa shape index (κ2) is 2.96. The molecule has 0 aromatic heterocycles. The predicted molar refractivity (Wildman–Crippen MR) is 63.9 cm³/mol. The zero-order valence-corrected chi connectivity index (χ0v) is 9.65. The van der Waals surface area contributed by atoms with Gasteiger partial charge in [-0.05, 0) is 46.4 Å². The van der Waals surface area contributed by atoms with Crippen molar-refractivity contribution in [2.45, 2.75) is 6.42 Å². The van der Waals surface area contributed by atoms with Gasteiger partial charge in [-0.2, -0.15) is 0 Å². The van der Waals surface area contributed by atoms with Gasteiger partial charge in [0.2, 0.25) is 0 Å². The summed E-state index contributed by atoms with van der Waals surface area (Å²) < 4.78 is 1.28. The van der Waals surface area contributed by atoms with Gasteiger partial charge in [-0.3, -0.25) is 0 Å². The Kier molecular flexibility index (Phi) is 2.08. The third kappa shape index (κ3) is 1.25. The van der Waals surface area contributed by atoms with E-state index in [2.05, 4.69) is 45.7 Å². The molecule has 0 bridgehead atoms. The van der Waals surface area contributed by atoms with Gasteiger partial charge in [0.05, 0.1) is 4.99 Å². The molecule has 0 spiro atoms. The summed E-state index contributed by atoms with van der Waals surface area (Å²) in [7, 11) is 2.03. The Morgan fingerprint density at radius 1 is 1.50 bits per heavy atom. The molecular formula is C9H8INS. The highest BCUT2D eigenvalue weighted by atomic mass is 127. The maximum atomic E-state index is 5.21. The highest BCUT2D eigenvalue weighted by molar-refractivity contribution is 14.1. The first-order valence-electron chi connectivity index (χ1n) is 3.73. The highest BCUT2D eigenvalue weighted by Gasteiger charge is 2.20. The van der Waals surface area contributed by atoms with Gasteiger partial charge >= 0.3 is 0 Å². The van der Waals surface area contributed by atoms with Gasteiger partial charge in [0.25, 0.3) is 0 Å². The lowest BCUT2D eigenvalue weighted by Crippen LogP contribution is -2.18. The van der Waals surface area contributed by atoms with Crippen LogP contribution in [0.2, 0.25) is 0 Å². The standard InChI is InChI=1S/C9H8INS/c1-11-8-3-2-7(10)4-6(8)5-9(11)12/h2-4H,5H2,1H3. The highest BCUT2D eigenvalue weighted by Crippen LogP contribution is 2.29. The zero-order valence-electron chi connectivity index (χ0n) is 6.67. The molecule has 1 nitrogen and oxygen atoms in total. The van der Waals surface area contributed by atoms with Gasteiger partial charge in [0, 0.05) is 22.7 Å². The molecule has 0 radical (unpaired) electrons. The molecule has 0 atom stereocenters. The zero-order chi connectivity index (χ0) is 8.72. The van der Waals surface area contributed by atoms with Gasteiger partial charge in [0.1, 0.15) is 0 Å². The number of thiocarbonyl (C=S) groups is 1. The molecule has 0 saturated carbocycles. The van der Waals surface area contributed by atoms with Crippen LogP contribution in [0.5, 0.6) is 0 Å². The third-order valence-electron chi connectivity index (χ3n) is 2.12. The number of hydrogen-bond acceptors (Lipinski definition) is 1. The Hall–Kier alpha value is -0.160. The van der Waals surface area contributed by atoms with Crippen LogP contribution in [-0.2, 0) is 6.42 Å². The molecule has 1 aromatic carbocycles. The number of rotatable bonds is 0. The molecule has 2 rings (SSSR count). The Morgan fingerprint density at radius 3 is 3.00 bits per heavy atom. The van der Waals surface area contributed by atoms with E-state index in [1.165, 1.54) is 14.8 Å². The Labute approximate surface area is 90.9 Å². The molecule has 1 aliphatic heterocycles. The first kappa shape index (κ1) is 8.44. The van der Waals surface area contributed by atoms with Gasteiger partial charge in [-0.25, -0.2) is 0 Å². The van der Waals surface area contributed by atoms with Crippen LogP contribution in [0.4, 0.5) is 5.69 Å². The second-order valence-electron chi connectivity index (χ2n) is 2.90. The average Bonchev–Trinajstić information content (AvgIpc) is 2.28. The minimum absolute atomic E-state index is 0.929. The minimum Gasteiger partial charge on any atom is -0.339 e. The minimum atomic E-state index is 0.929. The molecule has 0 unspecified atom stereocenters. The fourth-order valence-corrected chi connectivity index (χ4v) is 2.25. The van der Waals surface area contributed by atoms with E-state index in [4.69, 9.17) is 12.2 Å².